The molecule has 9 heteroatoms. The fraction of sp³-hybridized carbons (Fsp3) is 0.320. The van der Waals surface area contributed by atoms with E-state index in [2.05, 4.69) is 5.32 Å². The highest BCUT2D eigenvalue weighted by Crippen LogP contribution is 2.35. The van der Waals surface area contributed by atoms with Crippen LogP contribution < -0.4 is 14.8 Å². The van der Waals surface area contributed by atoms with Crippen molar-refractivity contribution < 1.29 is 23.8 Å². The Morgan fingerprint density at radius 2 is 1.79 bits per heavy atom. The van der Waals surface area contributed by atoms with Crippen LogP contribution in [-0.2, 0) is 9.53 Å². The van der Waals surface area contributed by atoms with E-state index in [0.29, 0.717) is 54.6 Å². The SMILES string of the molecule is COc1ccc(OC)c(-c2nn(-c3ccccc3)cc2C(=O)NC(C)C(=O)N2CCOCC2)c1. The maximum Gasteiger partial charge on any atom is 0.255 e. The Morgan fingerprint density at radius 1 is 1.06 bits per heavy atom. The van der Waals surface area contributed by atoms with Crippen LogP contribution in [0, 0.1) is 0 Å². The molecule has 2 amide bonds. The number of hydrogen-bond acceptors (Lipinski definition) is 6. The number of hydrogen-bond donors (Lipinski definition) is 1. The lowest BCUT2D eigenvalue weighted by Crippen LogP contribution is -2.50. The summed E-state index contributed by atoms with van der Waals surface area (Å²) >= 11 is 0. The van der Waals surface area contributed by atoms with Crippen LogP contribution in [-0.4, -0.2) is 73.1 Å². The predicted molar refractivity (Wildman–Crippen MR) is 126 cm³/mol. The summed E-state index contributed by atoms with van der Waals surface area (Å²) in [6.07, 6.45) is 1.66. The van der Waals surface area contributed by atoms with Crippen molar-refractivity contribution in [1.82, 2.24) is 20.0 Å². The topological polar surface area (TPSA) is 94.9 Å². The monoisotopic (exact) mass is 464 g/mol. The quantitative estimate of drug-likeness (QED) is 0.578. The average molecular weight is 465 g/mol. The number of nitrogens with zero attached hydrogens (tertiary/aromatic N) is 3. The molecule has 1 fully saturated rings. The molecule has 1 saturated heterocycles. The van der Waals surface area contributed by atoms with Crippen LogP contribution in [0.1, 0.15) is 17.3 Å². The van der Waals surface area contributed by atoms with Crippen LogP contribution >= 0.6 is 0 Å². The minimum atomic E-state index is -0.703. The lowest BCUT2D eigenvalue weighted by Gasteiger charge is -2.29. The van der Waals surface area contributed by atoms with E-state index in [0.717, 1.165) is 5.69 Å². The number of amides is 2. The number of benzene rings is 2. The zero-order chi connectivity index (χ0) is 24.1. The van der Waals surface area contributed by atoms with Gasteiger partial charge in [0.05, 0.1) is 38.7 Å². The second-order valence-corrected chi connectivity index (χ2v) is 7.87. The summed E-state index contributed by atoms with van der Waals surface area (Å²) < 4.78 is 17.9. The van der Waals surface area contributed by atoms with E-state index in [9.17, 15) is 9.59 Å². The van der Waals surface area contributed by atoms with Crippen molar-refractivity contribution in [2.24, 2.45) is 0 Å². The Labute approximate surface area is 198 Å². The van der Waals surface area contributed by atoms with Gasteiger partial charge in [0.1, 0.15) is 23.2 Å². The zero-order valence-corrected chi connectivity index (χ0v) is 19.5. The van der Waals surface area contributed by atoms with E-state index in [1.807, 2.05) is 30.3 Å². The van der Waals surface area contributed by atoms with E-state index < -0.39 is 11.9 Å². The number of nitrogens with one attached hydrogen (secondary N) is 1. The molecule has 3 aromatic rings. The number of carbonyl (C=O) groups is 2. The summed E-state index contributed by atoms with van der Waals surface area (Å²) in [6.45, 7) is 3.70. The summed E-state index contributed by atoms with van der Waals surface area (Å²) in [5.74, 6) is 0.599. The highest BCUT2D eigenvalue weighted by molar-refractivity contribution is 6.02. The molecule has 1 atom stereocenters. The first-order valence-corrected chi connectivity index (χ1v) is 11.1. The molecule has 4 rings (SSSR count). The zero-order valence-electron chi connectivity index (χ0n) is 19.5. The maximum absolute atomic E-state index is 13.4. The smallest absolute Gasteiger partial charge is 0.255 e. The molecule has 1 aliphatic rings. The maximum atomic E-state index is 13.4. The molecule has 0 spiro atoms. The lowest BCUT2D eigenvalue weighted by atomic mass is 10.1. The van der Waals surface area contributed by atoms with Gasteiger partial charge in [-0.15, -0.1) is 0 Å². The van der Waals surface area contributed by atoms with Gasteiger partial charge in [0.15, 0.2) is 0 Å². The molecule has 1 N–H and O–H groups in total. The third kappa shape index (κ3) is 4.89. The molecule has 0 bridgehead atoms. The van der Waals surface area contributed by atoms with Crippen LogP contribution in [0.3, 0.4) is 0 Å². The Morgan fingerprint density at radius 3 is 2.47 bits per heavy atom. The van der Waals surface area contributed by atoms with Gasteiger partial charge < -0.3 is 24.4 Å². The third-order valence-corrected chi connectivity index (χ3v) is 5.68. The van der Waals surface area contributed by atoms with Gasteiger partial charge in [0.25, 0.3) is 5.91 Å². The largest absolute Gasteiger partial charge is 0.497 e. The van der Waals surface area contributed by atoms with Crippen LogP contribution in [0.2, 0.25) is 0 Å². The number of para-hydroxylation sites is 1. The molecule has 178 valence electrons. The van der Waals surface area contributed by atoms with E-state index >= 15 is 0 Å². The van der Waals surface area contributed by atoms with Crippen LogP contribution in [0.15, 0.2) is 54.7 Å². The van der Waals surface area contributed by atoms with Gasteiger partial charge in [-0.1, -0.05) is 18.2 Å². The molecule has 0 radical (unpaired) electrons. The predicted octanol–water partition coefficient (Wildman–Crippen LogP) is 2.53. The highest BCUT2D eigenvalue weighted by Gasteiger charge is 2.27. The third-order valence-electron chi connectivity index (χ3n) is 5.68. The number of ether oxygens (including phenoxy) is 3. The summed E-state index contributed by atoms with van der Waals surface area (Å²) in [4.78, 5) is 27.9. The number of rotatable bonds is 7. The van der Waals surface area contributed by atoms with Crippen molar-refractivity contribution in [2.45, 2.75) is 13.0 Å². The molecule has 0 saturated carbocycles. The van der Waals surface area contributed by atoms with Crippen LogP contribution in [0.25, 0.3) is 16.9 Å². The number of morpholine rings is 1. The molecular weight excluding hydrogens is 436 g/mol. The fourth-order valence-electron chi connectivity index (χ4n) is 3.84. The molecule has 1 unspecified atom stereocenters. The van der Waals surface area contributed by atoms with Crippen molar-refractivity contribution in [2.75, 3.05) is 40.5 Å². The molecule has 2 heterocycles. The Hall–Kier alpha value is -3.85. The van der Waals surface area contributed by atoms with Crippen molar-refractivity contribution >= 4 is 11.8 Å². The lowest BCUT2D eigenvalue weighted by molar-refractivity contribution is -0.136. The average Bonchev–Trinajstić information content (AvgIpc) is 3.34. The van der Waals surface area contributed by atoms with E-state index in [1.165, 1.54) is 0 Å². The first-order valence-electron chi connectivity index (χ1n) is 11.1. The first kappa shape index (κ1) is 23.3. The van der Waals surface area contributed by atoms with E-state index in [-0.39, 0.29) is 5.91 Å². The number of aromatic nitrogens is 2. The molecule has 9 nitrogen and oxygen atoms in total. The summed E-state index contributed by atoms with van der Waals surface area (Å²) in [5, 5.41) is 7.54. The highest BCUT2D eigenvalue weighted by atomic mass is 16.5. The molecular formula is C25H28N4O5. The van der Waals surface area contributed by atoms with Crippen LogP contribution in [0.5, 0.6) is 11.5 Å². The van der Waals surface area contributed by atoms with Gasteiger partial charge in [-0.2, -0.15) is 5.10 Å². The number of methoxy groups -OCH3 is 2. The Bertz CT molecular complexity index is 1160. The minimum absolute atomic E-state index is 0.146. The Kier molecular flexibility index (Phi) is 7.12. The van der Waals surface area contributed by atoms with Gasteiger partial charge in [-0.25, -0.2) is 4.68 Å². The second kappa shape index (κ2) is 10.4. The van der Waals surface area contributed by atoms with Crippen LogP contribution in [0.4, 0.5) is 0 Å². The van der Waals surface area contributed by atoms with E-state index in [1.54, 1.807) is 55.1 Å². The first-order chi connectivity index (χ1) is 16.5. The van der Waals surface area contributed by atoms with Crippen molar-refractivity contribution in [3.05, 3.63) is 60.3 Å². The Balaban J connectivity index is 1.70. The number of carbonyl (C=O) groups excluding carboxylic acids is 2. The van der Waals surface area contributed by atoms with Crippen molar-refractivity contribution in [3.63, 3.8) is 0 Å². The van der Waals surface area contributed by atoms with Gasteiger partial charge in [-0.3, -0.25) is 9.59 Å². The summed E-state index contributed by atoms with van der Waals surface area (Å²) in [5.41, 5.74) is 2.14. The van der Waals surface area contributed by atoms with Gasteiger partial charge in [0, 0.05) is 24.8 Å². The standard InChI is InChI=1S/C25H28N4O5/c1-17(25(31)28-11-13-34-14-12-28)26-24(30)21-16-29(18-7-5-4-6-8-18)27-23(21)20-15-19(32-2)9-10-22(20)33-3/h4-10,15-17H,11-14H2,1-3H3,(H,26,30). The normalized spacial score (nSPS) is 14.4. The minimum Gasteiger partial charge on any atom is -0.497 e. The molecule has 0 aliphatic carbocycles. The second-order valence-electron chi connectivity index (χ2n) is 7.87. The summed E-state index contributed by atoms with van der Waals surface area (Å²) in [7, 11) is 3.13. The molecule has 34 heavy (non-hydrogen) atoms. The summed E-state index contributed by atoms with van der Waals surface area (Å²) in [6, 6.07) is 14.1. The molecule has 1 aromatic heterocycles. The van der Waals surface area contributed by atoms with Gasteiger partial charge in [-0.05, 0) is 37.3 Å². The van der Waals surface area contributed by atoms with Crippen molar-refractivity contribution in [3.8, 4) is 28.4 Å². The molecule has 2 aromatic carbocycles. The van der Waals surface area contributed by atoms with Gasteiger partial charge in [0.2, 0.25) is 5.91 Å². The van der Waals surface area contributed by atoms with E-state index in [4.69, 9.17) is 19.3 Å². The van der Waals surface area contributed by atoms with Crippen molar-refractivity contribution in [1.29, 1.82) is 0 Å². The van der Waals surface area contributed by atoms with Gasteiger partial charge >= 0.3 is 0 Å². The fourth-order valence-corrected chi connectivity index (χ4v) is 3.84. The molecule has 1 aliphatic heterocycles.